The van der Waals surface area contributed by atoms with E-state index in [4.69, 9.17) is 0 Å². The molecule has 3 rings (SSSR count). The SMILES string of the molecule is CSc1ccc(C(c2cccnc2)N2CCCC(C(=O)O)C2)cc1. The Hall–Kier alpha value is -1.85. The molecule has 1 saturated heterocycles. The van der Waals surface area contributed by atoms with Crippen molar-refractivity contribution in [2.24, 2.45) is 5.92 Å². The zero-order valence-corrected chi connectivity index (χ0v) is 14.6. The third-order valence-corrected chi connectivity index (χ3v) is 5.34. The van der Waals surface area contributed by atoms with Gasteiger partial charge in [0.15, 0.2) is 0 Å². The van der Waals surface area contributed by atoms with Crippen molar-refractivity contribution in [1.82, 2.24) is 9.88 Å². The van der Waals surface area contributed by atoms with Crippen LogP contribution in [0.15, 0.2) is 53.7 Å². The molecule has 5 heteroatoms. The molecule has 1 aromatic carbocycles. The van der Waals surface area contributed by atoms with Crippen molar-refractivity contribution in [2.75, 3.05) is 19.3 Å². The van der Waals surface area contributed by atoms with E-state index in [1.165, 1.54) is 10.5 Å². The lowest BCUT2D eigenvalue weighted by Crippen LogP contribution is -2.41. The standard InChI is InChI=1S/C19H22N2O2S/c1-24-17-8-6-14(7-9-17)18(15-4-2-10-20-12-15)21-11-3-5-16(13-21)19(22)23/h2,4,6-10,12,16,18H,3,5,11,13H2,1H3,(H,22,23). The van der Waals surface area contributed by atoms with Gasteiger partial charge in [-0.25, -0.2) is 0 Å². The zero-order chi connectivity index (χ0) is 16.9. The second kappa shape index (κ2) is 7.81. The van der Waals surface area contributed by atoms with Gasteiger partial charge in [-0.1, -0.05) is 18.2 Å². The van der Waals surface area contributed by atoms with E-state index in [1.54, 1.807) is 18.0 Å². The van der Waals surface area contributed by atoms with E-state index >= 15 is 0 Å². The first-order valence-corrected chi connectivity index (χ1v) is 9.42. The summed E-state index contributed by atoms with van der Waals surface area (Å²) < 4.78 is 0. The number of aliphatic carboxylic acids is 1. The molecule has 0 bridgehead atoms. The Morgan fingerprint density at radius 1 is 1.29 bits per heavy atom. The molecule has 4 nitrogen and oxygen atoms in total. The molecule has 2 atom stereocenters. The summed E-state index contributed by atoms with van der Waals surface area (Å²) in [4.78, 5) is 19.2. The molecule has 1 aromatic heterocycles. The van der Waals surface area contributed by atoms with Crippen molar-refractivity contribution < 1.29 is 9.90 Å². The number of benzene rings is 1. The highest BCUT2D eigenvalue weighted by atomic mass is 32.2. The summed E-state index contributed by atoms with van der Waals surface area (Å²) in [7, 11) is 0. The molecular weight excluding hydrogens is 320 g/mol. The number of hydrogen-bond acceptors (Lipinski definition) is 4. The largest absolute Gasteiger partial charge is 0.481 e. The molecule has 126 valence electrons. The van der Waals surface area contributed by atoms with Crippen LogP contribution in [0.2, 0.25) is 0 Å². The van der Waals surface area contributed by atoms with E-state index in [0.29, 0.717) is 6.54 Å². The van der Waals surface area contributed by atoms with Gasteiger partial charge in [0.05, 0.1) is 12.0 Å². The van der Waals surface area contributed by atoms with E-state index in [2.05, 4.69) is 46.5 Å². The Morgan fingerprint density at radius 3 is 2.71 bits per heavy atom. The number of carboxylic acid groups (broad SMARTS) is 1. The normalized spacial score (nSPS) is 19.8. The van der Waals surface area contributed by atoms with Crippen molar-refractivity contribution >= 4 is 17.7 Å². The quantitative estimate of drug-likeness (QED) is 0.840. The maximum Gasteiger partial charge on any atom is 0.307 e. The van der Waals surface area contributed by atoms with Crippen LogP contribution in [0.3, 0.4) is 0 Å². The Morgan fingerprint density at radius 2 is 2.08 bits per heavy atom. The van der Waals surface area contributed by atoms with Crippen molar-refractivity contribution in [3.63, 3.8) is 0 Å². The topological polar surface area (TPSA) is 53.4 Å². The smallest absolute Gasteiger partial charge is 0.307 e. The third-order valence-electron chi connectivity index (χ3n) is 4.60. The van der Waals surface area contributed by atoms with Gasteiger partial charge in [-0.3, -0.25) is 14.7 Å². The highest BCUT2D eigenvalue weighted by molar-refractivity contribution is 7.98. The fourth-order valence-electron chi connectivity index (χ4n) is 3.38. The van der Waals surface area contributed by atoms with E-state index in [-0.39, 0.29) is 12.0 Å². The lowest BCUT2D eigenvalue weighted by atomic mass is 9.92. The molecule has 2 aromatic rings. The molecule has 1 aliphatic rings. The average molecular weight is 342 g/mol. The number of carboxylic acids is 1. The molecule has 24 heavy (non-hydrogen) atoms. The second-order valence-electron chi connectivity index (χ2n) is 6.13. The van der Waals surface area contributed by atoms with Gasteiger partial charge in [-0.15, -0.1) is 11.8 Å². The number of rotatable bonds is 5. The number of carbonyl (C=O) groups is 1. The van der Waals surface area contributed by atoms with E-state index in [9.17, 15) is 9.90 Å². The highest BCUT2D eigenvalue weighted by Gasteiger charge is 2.31. The van der Waals surface area contributed by atoms with Gasteiger partial charge in [0.25, 0.3) is 0 Å². The Balaban J connectivity index is 1.94. The van der Waals surface area contributed by atoms with Crippen molar-refractivity contribution in [2.45, 2.75) is 23.8 Å². The third kappa shape index (κ3) is 3.79. The molecule has 0 amide bonds. The lowest BCUT2D eigenvalue weighted by molar-refractivity contribution is -0.143. The summed E-state index contributed by atoms with van der Waals surface area (Å²) in [5.74, 6) is -0.981. The molecule has 1 fully saturated rings. The number of aromatic nitrogens is 1. The summed E-state index contributed by atoms with van der Waals surface area (Å²) in [5, 5.41) is 9.41. The summed E-state index contributed by atoms with van der Waals surface area (Å²) in [6, 6.07) is 12.6. The molecule has 2 unspecified atom stereocenters. The number of thioether (sulfide) groups is 1. The minimum atomic E-state index is -0.692. The lowest BCUT2D eigenvalue weighted by Gasteiger charge is -2.37. The molecule has 1 aliphatic heterocycles. The van der Waals surface area contributed by atoms with Crippen LogP contribution in [0.1, 0.15) is 30.0 Å². The predicted molar refractivity (Wildman–Crippen MR) is 96.2 cm³/mol. The Labute approximate surface area is 146 Å². The van der Waals surface area contributed by atoms with Crippen LogP contribution < -0.4 is 0 Å². The van der Waals surface area contributed by atoms with Crippen LogP contribution in [0.25, 0.3) is 0 Å². The maximum absolute atomic E-state index is 11.4. The summed E-state index contributed by atoms with van der Waals surface area (Å²) >= 11 is 1.72. The number of hydrogen-bond donors (Lipinski definition) is 1. The average Bonchev–Trinajstić information content (AvgIpc) is 2.64. The van der Waals surface area contributed by atoms with E-state index in [1.807, 2.05) is 12.3 Å². The van der Waals surface area contributed by atoms with Gasteiger partial charge in [0.2, 0.25) is 0 Å². The monoisotopic (exact) mass is 342 g/mol. The molecule has 0 saturated carbocycles. The summed E-state index contributed by atoms with van der Waals surface area (Å²) in [6.07, 6.45) is 7.40. The molecular formula is C19H22N2O2S. The van der Waals surface area contributed by atoms with Crippen molar-refractivity contribution in [3.8, 4) is 0 Å². The maximum atomic E-state index is 11.4. The number of pyridine rings is 1. The van der Waals surface area contributed by atoms with Crippen molar-refractivity contribution in [3.05, 3.63) is 59.9 Å². The molecule has 2 heterocycles. The molecule has 0 radical (unpaired) electrons. The zero-order valence-electron chi connectivity index (χ0n) is 13.8. The Kier molecular flexibility index (Phi) is 5.53. The highest BCUT2D eigenvalue weighted by Crippen LogP contribution is 2.33. The fraction of sp³-hybridized carbons (Fsp3) is 0.368. The van der Waals surface area contributed by atoms with Gasteiger partial charge in [0, 0.05) is 23.8 Å². The van der Waals surface area contributed by atoms with Gasteiger partial charge in [-0.05, 0) is 55.0 Å². The fourth-order valence-corrected chi connectivity index (χ4v) is 3.79. The first kappa shape index (κ1) is 17.0. The summed E-state index contributed by atoms with van der Waals surface area (Å²) in [5.41, 5.74) is 2.30. The van der Waals surface area contributed by atoms with Crippen LogP contribution in [0.4, 0.5) is 0 Å². The minimum absolute atomic E-state index is 0.0526. The number of nitrogens with zero attached hydrogens (tertiary/aromatic N) is 2. The number of likely N-dealkylation sites (tertiary alicyclic amines) is 1. The second-order valence-corrected chi connectivity index (χ2v) is 7.01. The van der Waals surface area contributed by atoms with Crippen molar-refractivity contribution in [1.29, 1.82) is 0 Å². The van der Waals surface area contributed by atoms with Crippen LogP contribution in [0.5, 0.6) is 0 Å². The van der Waals surface area contributed by atoms with Crippen LogP contribution in [-0.2, 0) is 4.79 Å². The predicted octanol–water partition coefficient (Wildman–Crippen LogP) is 3.69. The first-order chi connectivity index (χ1) is 11.7. The van der Waals surface area contributed by atoms with E-state index < -0.39 is 5.97 Å². The van der Waals surface area contributed by atoms with Gasteiger partial charge in [-0.2, -0.15) is 0 Å². The summed E-state index contributed by atoms with van der Waals surface area (Å²) in [6.45, 7) is 1.49. The Bertz CT molecular complexity index is 676. The van der Waals surface area contributed by atoms with Crippen LogP contribution in [0, 0.1) is 5.92 Å². The van der Waals surface area contributed by atoms with E-state index in [0.717, 1.165) is 24.9 Å². The molecule has 1 N–H and O–H groups in total. The molecule has 0 aliphatic carbocycles. The van der Waals surface area contributed by atoms with Crippen LogP contribution >= 0.6 is 11.8 Å². The minimum Gasteiger partial charge on any atom is -0.481 e. The molecule has 0 spiro atoms. The van der Waals surface area contributed by atoms with Gasteiger partial charge in [0.1, 0.15) is 0 Å². The first-order valence-electron chi connectivity index (χ1n) is 8.20. The van der Waals surface area contributed by atoms with Crippen LogP contribution in [-0.4, -0.2) is 40.3 Å². The number of piperidine rings is 1. The van der Waals surface area contributed by atoms with Gasteiger partial charge >= 0.3 is 5.97 Å². The van der Waals surface area contributed by atoms with Gasteiger partial charge < -0.3 is 5.11 Å².